The van der Waals surface area contributed by atoms with E-state index in [9.17, 15) is 9.18 Å². The maximum Gasteiger partial charge on any atom is 0.234 e. The number of nitrogens with zero attached hydrogens (tertiary/aromatic N) is 3. The molecule has 0 saturated carbocycles. The second kappa shape index (κ2) is 8.36. The van der Waals surface area contributed by atoms with Gasteiger partial charge in [0.2, 0.25) is 12.7 Å². The van der Waals surface area contributed by atoms with Gasteiger partial charge in [-0.15, -0.1) is 16.8 Å². The number of anilines is 1. The molecule has 0 radical (unpaired) electrons. The number of hydrogen-bond donors (Lipinski definition) is 1. The van der Waals surface area contributed by atoms with E-state index < -0.39 is 0 Å². The van der Waals surface area contributed by atoms with Crippen molar-refractivity contribution in [2.75, 3.05) is 17.9 Å². The summed E-state index contributed by atoms with van der Waals surface area (Å²) in [7, 11) is 0. The molecule has 148 valence electrons. The first-order valence-electron chi connectivity index (χ1n) is 8.76. The topological polar surface area (TPSA) is 78.3 Å². The number of hydrogen-bond acceptors (Lipinski definition) is 6. The fraction of sp³-hybridized carbons (Fsp3) is 0.150. The number of thioether (sulfide) groups is 1. The Bertz CT molecular complexity index is 1050. The summed E-state index contributed by atoms with van der Waals surface area (Å²) in [5.41, 5.74) is 1.36. The molecule has 1 aromatic heterocycles. The van der Waals surface area contributed by atoms with Crippen LogP contribution >= 0.6 is 11.8 Å². The Morgan fingerprint density at radius 3 is 2.79 bits per heavy atom. The van der Waals surface area contributed by atoms with E-state index in [1.807, 2.05) is 22.8 Å². The molecule has 0 unspecified atom stereocenters. The summed E-state index contributed by atoms with van der Waals surface area (Å²) < 4.78 is 25.6. The fourth-order valence-electron chi connectivity index (χ4n) is 2.80. The Labute approximate surface area is 170 Å². The van der Waals surface area contributed by atoms with Crippen LogP contribution in [0.15, 0.2) is 60.3 Å². The number of nitrogens with one attached hydrogen (secondary N) is 1. The molecule has 0 saturated heterocycles. The van der Waals surface area contributed by atoms with E-state index in [1.165, 1.54) is 36.0 Å². The maximum absolute atomic E-state index is 13.0. The number of benzene rings is 2. The van der Waals surface area contributed by atoms with Crippen LogP contribution in [0.3, 0.4) is 0 Å². The van der Waals surface area contributed by atoms with Crippen molar-refractivity contribution in [1.82, 2.24) is 14.8 Å². The summed E-state index contributed by atoms with van der Waals surface area (Å²) in [5.74, 6) is 1.54. The van der Waals surface area contributed by atoms with E-state index in [-0.39, 0.29) is 24.3 Å². The Morgan fingerprint density at radius 1 is 1.21 bits per heavy atom. The smallest absolute Gasteiger partial charge is 0.234 e. The highest BCUT2D eigenvalue weighted by Crippen LogP contribution is 2.36. The Morgan fingerprint density at radius 2 is 2.00 bits per heavy atom. The van der Waals surface area contributed by atoms with E-state index in [4.69, 9.17) is 9.47 Å². The quantitative estimate of drug-likeness (QED) is 0.471. The largest absolute Gasteiger partial charge is 0.454 e. The minimum Gasteiger partial charge on any atom is -0.454 e. The van der Waals surface area contributed by atoms with Gasteiger partial charge in [0, 0.05) is 17.8 Å². The second-order valence-electron chi connectivity index (χ2n) is 6.12. The summed E-state index contributed by atoms with van der Waals surface area (Å²) in [6.07, 6.45) is 1.74. The molecule has 7 nitrogen and oxygen atoms in total. The predicted octanol–water partition coefficient (Wildman–Crippen LogP) is 3.73. The number of halogens is 1. The number of carbonyl (C=O) groups excluding carboxylic acids is 1. The molecule has 0 spiro atoms. The van der Waals surface area contributed by atoms with Crippen LogP contribution in [-0.2, 0) is 11.3 Å². The Hall–Kier alpha value is -3.33. The van der Waals surface area contributed by atoms with Crippen LogP contribution in [0.5, 0.6) is 11.5 Å². The lowest BCUT2D eigenvalue weighted by atomic mass is 10.2. The average molecular weight is 412 g/mol. The molecule has 0 fully saturated rings. The Balaban J connectivity index is 1.48. The van der Waals surface area contributed by atoms with Crippen molar-refractivity contribution in [2.45, 2.75) is 11.7 Å². The number of rotatable bonds is 7. The SMILES string of the molecule is C=CCn1c(SCC(=O)Nc2ccc(F)cc2)nnc1-c1ccc2c(c1)OCO2. The molecule has 0 bridgehead atoms. The van der Waals surface area contributed by atoms with E-state index in [0.717, 1.165) is 5.56 Å². The van der Waals surface area contributed by atoms with Gasteiger partial charge in [0.05, 0.1) is 5.75 Å². The van der Waals surface area contributed by atoms with Crippen molar-refractivity contribution in [2.24, 2.45) is 0 Å². The third-order valence-electron chi connectivity index (χ3n) is 4.12. The normalized spacial score (nSPS) is 12.0. The summed E-state index contributed by atoms with van der Waals surface area (Å²) in [6.45, 7) is 4.47. The molecule has 1 aliphatic rings. The molecule has 3 aromatic rings. The van der Waals surface area contributed by atoms with Gasteiger partial charge in [-0.1, -0.05) is 17.8 Å². The van der Waals surface area contributed by atoms with Crippen molar-refractivity contribution >= 4 is 23.4 Å². The number of carbonyl (C=O) groups is 1. The van der Waals surface area contributed by atoms with E-state index in [0.29, 0.717) is 34.7 Å². The van der Waals surface area contributed by atoms with E-state index >= 15 is 0 Å². The van der Waals surface area contributed by atoms with Crippen molar-refractivity contribution in [3.8, 4) is 22.9 Å². The van der Waals surface area contributed by atoms with Crippen LogP contribution in [0.4, 0.5) is 10.1 Å². The minimum absolute atomic E-state index is 0.133. The van der Waals surface area contributed by atoms with E-state index in [2.05, 4.69) is 22.1 Å². The summed E-state index contributed by atoms with van der Waals surface area (Å²) in [5, 5.41) is 11.8. The summed E-state index contributed by atoms with van der Waals surface area (Å²) in [6, 6.07) is 11.2. The summed E-state index contributed by atoms with van der Waals surface area (Å²) >= 11 is 1.26. The number of aromatic nitrogens is 3. The molecule has 1 amide bonds. The van der Waals surface area contributed by atoms with Gasteiger partial charge in [-0.3, -0.25) is 9.36 Å². The molecule has 1 aliphatic heterocycles. The summed E-state index contributed by atoms with van der Waals surface area (Å²) in [4.78, 5) is 12.2. The molecule has 29 heavy (non-hydrogen) atoms. The monoisotopic (exact) mass is 412 g/mol. The van der Waals surface area contributed by atoms with Gasteiger partial charge in [0.25, 0.3) is 0 Å². The highest BCUT2D eigenvalue weighted by molar-refractivity contribution is 7.99. The van der Waals surface area contributed by atoms with E-state index in [1.54, 1.807) is 6.08 Å². The fourth-order valence-corrected chi connectivity index (χ4v) is 3.55. The minimum atomic E-state index is -0.356. The second-order valence-corrected chi connectivity index (χ2v) is 7.06. The molecule has 2 heterocycles. The number of ether oxygens (including phenoxy) is 2. The van der Waals surface area contributed by atoms with Gasteiger partial charge in [-0.05, 0) is 42.5 Å². The van der Waals surface area contributed by atoms with Crippen molar-refractivity contribution in [3.63, 3.8) is 0 Å². The van der Waals surface area contributed by atoms with Crippen LogP contribution < -0.4 is 14.8 Å². The Kier molecular flexibility index (Phi) is 5.48. The first-order chi connectivity index (χ1) is 14.1. The van der Waals surface area contributed by atoms with Crippen molar-refractivity contribution in [1.29, 1.82) is 0 Å². The maximum atomic E-state index is 13.0. The zero-order valence-electron chi connectivity index (χ0n) is 15.3. The lowest BCUT2D eigenvalue weighted by Crippen LogP contribution is -2.14. The van der Waals surface area contributed by atoms with Gasteiger partial charge in [0.15, 0.2) is 22.5 Å². The lowest BCUT2D eigenvalue weighted by molar-refractivity contribution is -0.113. The molecule has 0 aliphatic carbocycles. The molecule has 1 N–H and O–H groups in total. The highest BCUT2D eigenvalue weighted by atomic mass is 32.2. The van der Waals surface area contributed by atoms with Gasteiger partial charge in [0.1, 0.15) is 5.82 Å². The van der Waals surface area contributed by atoms with Crippen LogP contribution in [0.2, 0.25) is 0 Å². The van der Waals surface area contributed by atoms with Crippen LogP contribution in [-0.4, -0.2) is 33.2 Å². The molecule has 2 aromatic carbocycles. The van der Waals surface area contributed by atoms with Gasteiger partial charge in [-0.25, -0.2) is 4.39 Å². The lowest BCUT2D eigenvalue weighted by Gasteiger charge is -2.09. The predicted molar refractivity (Wildman–Crippen MR) is 108 cm³/mol. The first-order valence-corrected chi connectivity index (χ1v) is 9.75. The average Bonchev–Trinajstić information content (AvgIpc) is 3.35. The van der Waals surface area contributed by atoms with Crippen molar-refractivity contribution < 1.29 is 18.7 Å². The molecule has 4 rings (SSSR count). The zero-order valence-corrected chi connectivity index (χ0v) is 16.1. The third-order valence-corrected chi connectivity index (χ3v) is 5.09. The van der Waals surface area contributed by atoms with Gasteiger partial charge in [-0.2, -0.15) is 0 Å². The first kappa shape index (κ1) is 19.0. The number of fused-ring (bicyclic) bond motifs is 1. The zero-order chi connectivity index (χ0) is 20.2. The van der Waals surface area contributed by atoms with Crippen LogP contribution in [0.1, 0.15) is 0 Å². The molecule has 9 heteroatoms. The molecule has 0 atom stereocenters. The number of allylic oxidation sites excluding steroid dienone is 1. The molecular formula is C20H17FN4O3S. The van der Waals surface area contributed by atoms with Crippen LogP contribution in [0, 0.1) is 5.82 Å². The highest BCUT2D eigenvalue weighted by Gasteiger charge is 2.19. The third kappa shape index (κ3) is 4.24. The van der Waals surface area contributed by atoms with Gasteiger partial charge >= 0.3 is 0 Å². The van der Waals surface area contributed by atoms with Crippen LogP contribution in [0.25, 0.3) is 11.4 Å². The standard InChI is InChI=1S/C20H17FN4O3S/c1-2-9-25-19(13-3-8-16-17(10-13)28-12-27-16)23-24-20(25)29-11-18(26)22-15-6-4-14(21)5-7-15/h2-8,10H,1,9,11-12H2,(H,22,26). The molecular weight excluding hydrogens is 395 g/mol. The number of amides is 1. The van der Waals surface area contributed by atoms with Crippen molar-refractivity contribution in [3.05, 3.63) is 60.9 Å². The van der Waals surface area contributed by atoms with Gasteiger partial charge < -0.3 is 14.8 Å².